The zero-order chi connectivity index (χ0) is 13.7. The number of anilines is 3. The van der Waals surface area contributed by atoms with E-state index in [1.165, 1.54) is 0 Å². The Kier molecular flexibility index (Phi) is 4.25. The van der Waals surface area contributed by atoms with E-state index in [4.69, 9.17) is 5.73 Å². The summed E-state index contributed by atoms with van der Waals surface area (Å²) in [5, 5.41) is 0. The molecule has 2 aromatic rings. The van der Waals surface area contributed by atoms with Crippen LogP contribution in [0.2, 0.25) is 0 Å². The topological polar surface area (TPSA) is 71.2 Å². The second kappa shape index (κ2) is 6.10. The third-order valence-corrected chi connectivity index (χ3v) is 2.89. The highest BCUT2D eigenvalue weighted by Crippen LogP contribution is 2.22. The van der Waals surface area contributed by atoms with Crippen molar-refractivity contribution in [3.8, 4) is 0 Å². The largest absolute Gasteiger partial charge is 0.358 e. The fourth-order valence-electron chi connectivity index (χ4n) is 1.74. The predicted molar refractivity (Wildman–Crippen MR) is 76.7 cm³/mol. The van der Waals surface area contributed by atoms with Crippen LogP contribution in [0.1, 0.15) is 0 Å². The maximum Gasteiger partial charge on any atom is 0.138 e. The van der Waals surface area contributed by atoms with Gasteiger partial charge in [0.2, 0.25) is 0 Å². The summed E-state index contributed by atoms with van der Waals surface area (Å²) in [6.07, 6.45) is 5.08. The van der Waals surface area contributed by atoms with E-state index in [9.17, 15) is 0 Å². The van der Waals surface area contributed by atoms with Gasteiger partial charge in [-0.1, -0.05) is 0 Å². The number of rotatable bonds is 5. The Morgan fingerprint density at radius 1 is 1.11 bits per heavy atom. The summed E-state index contributed by atoms with van der Waals surface area (Å²) in [7, 11) is 3.93. The summed E-state index contributed by atoms with van der Waals surface area (Å²) in [6, 6.07) is 5.81. The van der Waals surface area contributed by atoms with Crippen LogP contribution in [0.4, 0.5) is 17.3 Å². The molecule has 0 bridgehead atoms. The summed E-state index contributed by atoms with van der Waals surface area (Å²) in [6.45, 7) is 1.35. The Morgan fingerprint density at radius 3 is 2.47 bits per heavy atom. The fourth-order valence-corrected chi connectivity index (χ4v) is 1.74. The molecule has 100 valence electrons. The van der Waals surface area contributed by atoms with Gasteiger partial charge in [0.1, 0.15) is 18.0 Å². The van der Waals surface area contributed by atoms with E-state index >= 15 is 0 Å². The van der Waals surface area contributed by atoms with Crippen molar-refractivity contribution in [2.75, 3.05) is 37.0 Å². The molecule has 2 N–H and O–H groups in total. The van der Waals surface area contributed by atoms with Gasteiger partial charge in [0.25, 0.3) is 0 Å². The first-order valence-corrected chi connectivity index (χ1v) is 6.09. The number of nitrogens with two attached hydrogens (primary N) is 1. The van der Waals surface area contributed by atoms with E-state index in [0.717, 1.165) is 23.9 Å². The number of hydrogen-bond donors (Lipinski definition) is 1. The number of likely N-dealkylation sites (N-methyl/N-ethyl adjacent to an activating group) is 1. The minimum Gasteiger partial charge on any atom is -0.358 e. The molecule has 0 spiro atoms. The van der Waals surface area contributed by atoms with Gasteiger partial charge < -0.3 is 15.5 Å². The second-order valence-corrected chi connectivity index (χ2v) is 4.21. The molecule has 2 aromatic heterocycles. The van der Waals surface area contributed by atoms with Crippen molar-refractivity contribution in [1.29, 1.82) is 0 Å². The summed E-state index contributed by atoms with van der Waals surface area (Å²) in [5.74, 6) is 1.69. The summed E-state index contributed by atoms with van der Waals surface area (Å²) >= 11 is 0. The molecule has 0 aliphatic heterocycles. The maximum absolute atomic E-state index is 5.55. The van der Waals surface area contributed by atoms with Gasteiger partial charge in [-0.15, -0.1) is 0 Å². The van der Waals surface area contributed by atoms with Gasteiger partial charge in [-0.2, -0.15) is 0 Å². The SMILES string of the molecule is CN(CCN)c1cc(N(C)c2ccncc2)ncn1. The first kappa shape index (κ1) is 13.2. The van der Waals surface area contributed by atoms with Crippen LogP contribution in [-0.4, -0.2) is 42.1 Å². The molecule has 0 unspecified atom stereocenters. The van der Waals surface area contributed by atoms with Gasteiger partial charge in [-0.3, -0.25) is 4.98 Å². The molecule has 0 aliphatic carbocycles. The monoisotopic (exact) mass is 258 g/mol. The van der Waals surface area contributed by atoms with E-state index in [1.54, 1.807) is 18.7 Å². The van der Waals surface area contributed by atoms with Crippen molar-refractivity contribution in [1.82, 2.24) is 15.0 Å². The minimum absolute atomic E-state index is 0.593. The van der Waals surface area contributed by atoms with Crippen molar-refractivity contribution in [2.24, 2.45) is 5.73 Å². The van der Waals surface area contributed by atoms with Crippen molar-refractivity contribution in [3.05, 3.63) is 36.9 Å². The molecular weight excluding hydrogens is 240 g/mol. The van der Waals surface area contributed by atoms with Crippen LogP contribution >= 0.6 is 0 Å². The Morgan fingerprint density at radius 2 is 1.79 bits per heavy atom. The van der Waals surface area contributed by atoms with Crippen LogP contribution in [0, 0.1) is 0 Å². The quantitative estimate of drug-likeness (QED) is 0.864. The molecule has 0 saturated carbocycles. The molecule has 0 aliphatic rings. The lowest BCUT2D eigenvalue weighted by Crippen LogP contribution is -2.26. The van der Waals surface area contributed by atoms with E-state index in [-0.39, 0.29) is 0 Å². The van der Waals surface area contributed by atoms with E-state index in [2.05, 4.69) is 15.0 Å². The summed E-state index contributed by atoms with van der Waals surface area (Å²) < 4.78 is 0. The second-order valence-electron chi connectivity index (χ2n) is 4.21. The van der Waals surface area contributed by atoms with Crippen molar-refractivity contribution in [3.63, 3.8) is 0 Å². The average molecular weight is 258 g/mol. The van der Waals surface area contributed by atoms with Crippen molar-refractivity contribution < 1.29 is 0 Å². The third-order valence-electron chi connectivity index (χ3n) is 2.89. The summed E-state index contributed by atoms with van der Waals surface area (Å²) in [4.78, 5) is 16.6. The van der Waals surface area contributed by atoms with Crippen molar-refractivity contribution in [2.45, 2.75) is 0 Å². The van der Waals surface area contributed by atoms with Gasteiger partial charge in [0.15, 0.2) is 0 Å². The third kappa shape index (κ3) is 3.17. The number of pyridine rings is 1. The molecule has 2 heterocycles. The molecule has 19 heavy (non-hydrogen) atoms. The first-order valence-electron chi connectivity index (χ1n) is 6.09. The minimum atomic E-state index is 0.593. The number of aromatic nitrogens is 3. The van der Waals surface area contributed by atoms with Crippen LogP contribution in [0.15, 0.2) is 36.9 Å². The summed E-state index contributed by atoms with van der Waals surface area (Å²) in [5.41, 5.74) is 6.58. The number of hydrogen-bond acceptors (Lipinski definition) is 6. The Hall–Kier alpha value is -2.21. The van der Waals surface area contributed by atoms with Crippen LogP contribution in [-0.2, 0) is 0 Å². The zero-order valence-electron chi connectivity index (χ0n) is 11.2. The molecule has 0 atom stereocenters. The molecule has 0 saturated heterocycles. The number of nitrogens with zero attached hydrogens (tertiary/aromatic N) is 5. The van der Waals surface area contributed by atoms with Gasteiger partial charge in [0, 0.05) is 51.3 Å². The van der Waals surface area contributed by atoms with Crippen molar-refractivity contribution >= 4 is 17.3 Å². The highest BCUT2D eigenvalue weighted by molar-refractivity contribution is 5.61. The average Bonchev–Trinajstić information content (AvgIpc) is 2.48. The Labute approximate surface area is 112 Å². The smallest absolute Gasteiger partial charge is 0.138 e. The van der Waals surface area contributed by atoms with Gasteiger partial charge in [-0.25, -0.2) is 9.97 Å². The molecular formula is C13H18N6. The normalized spacial score (nSPS) is 10.3. The molecule has 2 rings (SSSR count). The lowest BCUT2D eigenvalue weighted by atomic mass is 10.3. The van der Waals surface area contributed by atoms with Gasteiger partial charge in [0.05, 0.1) is 0 Å². The fraction of sp³-hybridized carbons (Fsp3) is 0.308. The standard InChI is InChI=1S/C13H18N6/c1-18(8-5-14)12-9-13(17-10-16-12)19(2)11-3-6-15-7-4-11/h3-4,6-7,9-10H,5,8,14H2,1-2H3. The molecule has 0 radical (unpaired) electrons. The van der Waals surface area contributed by atoms with Crippen LogP contribution in [0.5, 0.6) is 0 Å². The maximum atomic E-state index is 5.55. The van der Waals surface area contributed by atoms with Crippen LogP contribution in [0.25, 0.3) is 0 Å². The van der Waals surface area contributed by atoms with Crippen LogP contribution in [0.3, 0.4) is 0 Å². The van der Waals surface area contributed by atoms with Gasteiger partial charge in [-0.05, 0) is 12.1 Å². The van der Waals surface area contributed by atoms with E-state index < -0.39 is 0 Å². The first-order chi connectivity index (χ1) is 9.22. The lowest BCUT2D eigenvalue weighted by molar-refractivity contribution is 0.863. The molecule has 0 aromatic carbocycles. The van der Waals surface area contributed by atoms with Crippen LogP contribution < -0.4 is 15.5 Å². The molecule has 0 fully saturated rings. The highest BCUT2D eigenvalue weighted by Gasteiger charge is 2.08. The molecule has 6 nitrogen and oxygen atoms in total. The molecule has 0 amide bonds. The predicted octanol–water partition coefficient (Wildman–Crippen LogP) is 1.03. The molecule has 6 heteroatoms. The zero-order valence-corrected chi connectivity index (χ0v) is 11.2. The van der Waals surface area contributed by atoms with E-state index in [1.807, 2.05) is 42.1 Å². The lowest BCUT2D eigenvalue weighted by Gasteiger charge is -2.21. The van der Waals surface area contributed by atoms with E-state index in [0.29, 0.717) is 6.54 Å². The Bertz CT molecular complexity index is 516. The Balaban J connectivity index is 2.23. The highest BCUT2D eigenvalue weighted by atomic mass is 15.2. The van der Waals surface area contributed by atoms with Gasteiger partial charge >= 0.3 is 0 Å².